The molecule has 3 N–H and O–H groups in total. The summed E-state index contributed by atoms with van der Waals surface area (Å²) in [4.78, 5) is 9.32. The number of hydrogen-bond donors (Lipinski definition) is 2. The number of halogens is 1. The van der Waals surface area contributed by atoms with Gasteiger partial charge in [0.2, 0.25) is 0 Å². The second kappa shape index (κ2) is 4.65. The molecular formula is C14H14BrN3S. The summed E-state index contributed by atoms with van der Waals surface area (Å²) >= 11 is 5.14. The number of aryl methyl sites for hydroxylation is 2. The van der Waals surface area contributed by atoms with Crippen molar-refractivity contribution in [1.29, 1.82) is 0 Å². The second-order valence-electron chi connectivity index (χ2n) is 4.55. The van der Waals surface area contributed by atoms with Crippen molar-refractivity contribution in [2.24, 2.45) is 0 Å². The number of fused-ring (bicyclic) bond motifs is 1. The molecule has 1 aromatic carbocycles. The maximum Gasteiger partial charge on any atom is 0.141 e. The van der Waals surface area contributed by atoms with E-state index in [-0.39, 0.29) is 0 Å². The van der Waals surface area contributed by atoms with E-state index < -0.39 is 0 Å². The average Bonchev–Trinajstić information content (AvgIpc) is 2.92. The molecule has 0 aliphatic carbocycles. The molecule has 3 nitrogen and oxygen atoms in total. The number of nitrogens with one attached hydrogen (secondary N) is 1. The Morgan fingerprint density at radius 2 is 2.16 bits per heavy atom. The van der Waals surface area contributed by atoms with E-state index in [2.05, 4.69) is 51.9 Å². The molecule has 5 heteroatoms. The quantitative estimate of drug-likeness (QED) is 0.723. The van der Waals surface area contributed by atoms with Crippen molar-refractivity contribution < 1.29 is 0 Å². The molecule has 0 atom stereocenters. The SMILES string of the molecule is CCc1cc(-c2nc3c(C)cc(Br)cc3[nH]2)c(N)s1. The number of H-pyrrole nitrogens is 1. The van der Waals surface area contributed by atoms with E-state index in [0.29, 0.717) is 0 Å². The first kappa shape index (κ1) is 12.7. The minimum Gasteiger partial charge on any atom is -0.390 e. The molecule has 0 amide bonds. The second-order valence-corrected chi connectivity index (χ2v) is 6.63. The molecule has 0 saturated heterocycles. The van der Waals surface area contributed by atoms with Crippen molar-refractivity contribution in [3.8, 4) is 11.4 Å². The Balaban J connectivity index is 2.20. The van der Waals surface area contributed by atoms with Crippen molar-refractivity contribution in [2.45, 2.75) is 20.3 Å². The van der Waals surface area contributed by atoms with Gasteiger partial charge in [0.05, 0.1) is 21.6 Å². The van der Waals surface area contributed by atoms with E-state index in [4.69, 9.17) is 5.73 Å². The smallest absolute Gasteiger partial charge is 0.141 e. The van der Waals surface area contributed by atoms with Crippen molar-refractivity contribution in [2.75, 3.05) is 5.73 Å². The maximum absolute atomic E-state index is 6.09. The van der Waals surface area contributed by atoms with Crippen LogP contribution in [0.5, 0.6) is 0 Å². The highest BCUT2D eigenvalue weighted by Gasteiger charge is 2.13. The van der Waals surface area contributed by atoms with Crippen LogP contribution in [0.1, 0.15) is 17.4 Å². The van der Waals surface area contributed by atoms with Gasteiger partial charge in [-0.2, -0.15) is 0 Å². The van der Waals surface area contributed by atoms with Crippen molar-refractivity contribution in [3.05, 3.63) is 33.1 Å². The minimum absolute atomic E-state index is 0.827. The molecule has 98 valence electrons. The van der Waals surface area contributed by atoms with Crippen LogP contribution in [-0.2, 0) is 6.42 Å². The van der Waals surface area contributed by atoms with E-state index in [1.807, 2.05) is 6.07 Å². The van der Waals surface area contributed by atoms with E-state index in [1.165, 1.54) is 4.88 Å². The highest BCUT2D eigenvalue weighted by Crippen LogP contribution is 2.34. The summed E-state index contributed by atoms with van der Waals surface area (Å²) in [5.41, 5.74) is 10.3. The normalized spacial score (nSPS) is 11.3. The van der Waals surface area contributed by atoms with Crippen LogP contribution in [0.4, 0.5) is 5.00 Å². The number of nitrogen functional groups attached to an aromatic ring is 1. The van der Waals surface area contributed by atoms with Crippen LogP contribution in [0.25, 0.3) is 22.4 Å². The molecule has 0 aliphatic heterocycles. The first-order valence-corrected chi connectivity index (χ1v) is 7.74. The Morgan fingerprint density at radius 1 is 1.37 bits per heavy atom. The number of imidazole rings is 1. The number of thiophene rings is 1. The number of hydrogen-bond acceptors (Lipinski definition) is 3. The molecule has 0 spiro atoms. The van der Waals surface area contributed by atoms with Gasteiger partial charge in [-0.25, -0.2) is 4.98 Å². The number of nitrogens with two attached hydrogens (primary N) is 1. The van der Waals surface area contributed by atoms with Crippen LogP contribution in [0, 0.1) is 6.92 Å². The van der Waals surface area contributed by atoms with Crippen molar-refractivity contribution in [3.63, 3.8) is 0 Å². The number of benzene rings is 1. The lowest BCUT2D eigenvalue weighted by molar-refractivity contribution is 1.18. The topological polar surface area (TPSA) is 54.7 Å². The zero-order chi connectivity index (χ0) is 13.6. The molecule has 2 heterocycles. The Hall–Kier alpha value is -1.33. The third-order valence-corrected chi connectivity index (χ3v) is 4.72. The number of anilines is 1. The van der Waals surface area contributed by atoms with Crippen LogP contribution in [-0.4, -0.2) is 9.97 Å². The standard InChI is InChI=1S/C14H14BrN3S/c1-3-9-6-10(13(16)19-9)14-17-11-5-8(15)4-7(2)12(11)18-14/h4-6H,3,16H2,1-2H3,(H,17,18). The monoisotopic (exact) mass is 335 g/mol. The summed E-state index contributed by atoms with van der Waals surface area (Å²) in [7, 11) is 0. The van der Waals surface area contributed by atoms with E-state index >= 15 is 0 Å². The molecule has 19 heavy (non-hydrogen) atoms. The molecule has 3 rings (SSSR count). The number of nitrogens with zero attached hydrogens (tertiary/aromatic N) is 1. The summed E-state index contributed by atoms with van der Waals surface area (Å²) in [5.74, 6) is 0.852. The van der Waals surface area contributed by atoms with E-state index in [9.17, 15) is 0 Å². The third kappa shape index (κ3) is 2.17. The molecule has 0 radical (unpaired) electrons. The van der Waals surface area contributed by atoms with Gasteiger partial charge in [0.25, 0.3) is 0 Å². The van der Waals surface area contributed by atoms with Gasteiger partial charge in [0, 0.05) is 9.35 Å². The summed E-state index contributed by atoms with van der Waals surface area (Å²) < 4.78 is 1.06. The minimum atomic E-state index is 0.827. The molecule has 0 unspecified atom stereocenters. The Bertz CT molecular complexity index is 757. The Morgan fingerprint density at radius 3 is 2.84 bits per heavy atom. The molecule has 0 saturated carbocycles. The molecule has 0 aliphatic rings. The fourth-order valence-corrected chi connectivity index (χ4v) is 3.63. The fraction of sp³-hybridized carbons (Fsp3) is 0.214. The summed E-state index contributed by atoms with van der Waals surface area (Å²) in [6.07, 6.45) is 1.000. The van der Waals surface area contributed by atoms with Gasteiger partial charge in [0.1, 0.15) is 5.82 Å². The van der Waals surface area contributed by atoms with Gasteiger partial charge in [-0.3, -0.25) is 0 Å². The van der Waals surface area contributed by atoms with Crippen LogP contribution in [0.15, 0.2) is 22.7 Å². The zero-order valence-corrected chi connectivity index (χ0v) is 13.2. The largest absolute Gasteiger partial charge is 0.390 e. The number of rotatable bonds is 2. The molecular weight excluding hydrogens is 322 g/mol. The number of aromatic nitrogens is 2. The highest BCUT2D eigenvalue weighted by atomic mass is 79.9. The molecule has 0 fully saturated rings. The van der Waals surface area contributed by atoms with Crippen LogP contribution in [0.2, 0.25) is 0 Å². The maximum atomic E-state index is 6.09. The van der Waals surface area contributed by atoms with Crippen LogP contribution in [0.3, 0.4) is 0 Å². The Kier molecular flexibility index (Phi) is 3.11. The van der Waals surface area contributed by atoms with Crippen molar-refractivity contribution >= 4 is 43.3 Å². The lowest BCUT2D eigenvalue weighted by Gasteiger charge is -1.94. The van der Waals surface area contributed by atoms with Gasteiger partial charge in [-0.15, -0.1) is 11.3 Å². The third-order valence-electron chi connectivity index (χ3n) is 3.16. The Labute approximate surface area is 124 Å². The summed E-state index contributed by atoms with van der Waals surface area (Å²) in [6, 6.07) is 6.24. The summed E-state index contributed by atoms with van der Waals surface area (Å²) in [5, 5.41) is 0.827. The first-order valence-electron chi connectivity index (χ1n) is 6.13. The van der Waals surface area contributed by atoms with E-state index in [1.54, 1.807) is 11.3 Å². The lowest BCUT2D eigenvalue weighted by Crippen LogP contribution is -1.84. The highest BCUT2D eigenvalue weighted by molar-refractivity contribution is 9.10. The fourth-order valence-electron chi connectivity index (χ4n) is 2.19. The average molecular weight is 336 g/mol. The lowest BCUT2D eigenvalue weighted by atomic mass is 10.2. The first-order chi connectivity index (χ1) is 9.08. The van der Waals surface area contributed by atoms with Gasteiger partial charge >= 0.3 is 0 Å². The van der Waals surface area contributed by atoms with Crippen LogP contribution < -0.4 is 5.73 Å². The van der Waals surface area contributed by atoms with Gasteiger partial charge < -0.3 is 10.7 Å². The van der Waals surface area contributed by atoms with Gasteiger partial charge in [0.15, 0.2) is 0 Å². The predicted octanol–water partition coefficient (Wildman–Crippen LogP) is 4.51. The molecule has 3 aromatic rings. The predicted molar refractivity (Wildman–Crippen MR) is 85.6 cm³/mol. The number of aromatic amines is 1. The van der Waals surface area contributed by atoms with Gasteiger partial charge in [-0.05, 0) is 37.1 Å². The molecule has 2 aromatic heterocycles. The van der Waals surface area contributed by atoms with Crippen molar-refractivity contribution in [1.82, 2.24) is 9.97 Å². The van der Waals surface area contributed by atoms with E-state index in [0.717, 1.165) is 43.9 Å². The van der Waals surface area contributed by atoms with Crippen LogP contribution >= 0.6 is 27.3 Å². The van der Waals surface area contributed by atoms with Gasteiger partial charge in [-0.1, -0.05) is 22.9 Å². The zero-order valence-electron chi connectivity index (χ0n) is 10.7. The summed E-state index contributed by atoms with van der Waals surface area (Å²) in [6.45, 7) is 4.20. The molecule has 0 bridgehead atoms.